The molecule has 1 unspecified atom stereocenters. The Morgan fingerprint density at radius 3 is 3.26 bits per heavy atom. The highest BCUT2D eigenvalue weighted by Crippen LogP contribution is 2.22. The summed E-state index contributed by atoms with van der Waals surface area (Å²) in [5.41, 5.74) is 0.243. The second-order valence-electron chi connectivity index (χ2n) is 4.75. The highest BCUT2D eigenvalue weighted by atomic mass is 16.5. The van der Waals surface area contributed by atoms with Gasteiger partial charge in [0.25, 0.3) is 6.01 Å². The van der Waals surface area contributed by atoms with Crippen molar-refractivity contribution in [2.24, 2.45) is 5.92 Å². The lowest BCUT2D eigenvalue weighted by Crippen LogP contribution is -2.39. The van der Waals surface area contributed by atoms with Crippen molar-refractivity contribution in [2.45, 2.75) is 19.8 Å². The molecule has 106 valence electrons. The number of hydrogen-bond donors (Lipinski definition) is 1. The number of aromatic nitrogens is 1. The molecule has 0 spiro atoms. The van der Waals surface area contributed by atoms with Crippen LogP contribution in [0, 0.1) is 5.92 Å². The van der Waals surface area contributed by atoms with Gasteiger partial charge in [0.1, 0.15) is 6.26 Å². The molecule has 1 aromatic rings. The number of carbonyl (C=O) groups is 1. The minimum absolute atomic E-state index is 0.243. The summed E-state index contributed by atoms with van der Waals surface area (Å²) in [6, 6.07) is 0.517. The molecule has 1 aromatic heterocycles. The van der Waals surface area contributed by atoms with Gasteiger partial charge in [-0.15, -0.1) is 0 Å². The number of esters is 1. The summed E-state index contributed by atoms with van der Waals surface area (Å²) in [7, 11) is 1.96. The van der Waals surface area contributed by atoms with Crippen LogP contribution in [-0.4, -0.2) is 44.2 Å². The van der Waals surface area contributed by atoms with E-state index in [1.807, 2.05) is 7.05 Å². The number of anilines is 1. The lowest BCUT2D eigenvalue weighted by Gasteiger charge is -2.31. The third-order valence-electron chi connectivity index (χ3n) is 3.26. The zero-order valence-corrected chi connectivity index (χ0v) is 11.5. The van der Waals surface area contributed by atoms with Crippen molar-refractivity contribution in [3.05, 3.63) is 12.0 Å². The third kappa shape index (κ3) is 3.47. The molecular formula is C13H21N3O3. The van der Waals surface area contributed by atoms with Crippen molar-refractivity contribution in [3.63, 3.8) is 0 Å². The second-order valence-corrected chi connectivity index (χ2v) is 4.75. The van der Waals surface area contributed by atoms with E-state index in [1.54, 1.807) is 6.92 Å². The van der Waals surface area contributed by atoms with Crippen LogP contribution in [0.2, 0.25) is 0 Å². The highest BCUT2D eigenvalue weighted by Gasteiger charge is 2.24. The molecule has 1 aliphatic heterocycles. The van der Waals surface area contributed by atoms with E-state index in [-0.39, 0.29) is 5.69 Å². The van der Waals surface area contributed by atoms with E-state index in [0.29, 0.717) is 18.5 Å². The monoisotopic (exact) mass is 267 g/mol. The molecule has 2 heterocycles. The highest BCUT2D eigenvalue weighted by molar-refractivity contribution is 5.87. The minimum atomic E-state index is -0.429. The van der Waals surface area contributed by atoms with E-state index in [1.165, 1.54) is 12.7 Å². The smallest absolute Gasteiger partial charge is 0.360 e. The number of nitrogens with one attached hydrogen (secondary N) is 1. The topological polar surface area (TPSA) is 67.6 Å². The molecule has 0 aromatic carbocycles. The predicted octanol–water partition coefficient (Wildman–Crippen LogP) is 1.29. The van der Waals surface area contributed by atoms with Crippen molar-refractivity contribution < 1.29 is 13.9 Å². The first-order valence-corrected chi connectivity index (χ1v) is 6.76. The van der Waals surface area contributed by atoms with Gasteiger partial charge in [0.2, 0.25) is 0 Å². The second kappa shape index (κ2) is 6.56. The summed E-state index contributed by atoms with van der Waals surface area (Å²) in [6.07, 6.45) is 3.70. The van der Waals surface area contributed by atoms with Gasteiger partial charge in [-0.2, -0.15) is 4.98 Å². The number of nitrogens with zero attached hydrogens (tertiary/aromatic N) is 2. The number of piperidine rings is 1. The summed E-state index contributed by atoms with van der Waals surface area (Å²) < 4.78 is 10.3. The Balaban J connectivity index is 1.99. The van der Waals surface area contributed by atoms with E-state index in [4.69, 9.17) is 9.15 Å². The molecule has 1 aliphatic rings. The normalized spacial score (nSPS) is 19.5. The fourth-order valence-electron chi connectivity index (χ4n) is 2.40. The van der Waals surface area contributed by atoms with E-state index in [0.717, 1.165) is 26.1 Å². The van der Waals surface area contributed by atoms with Gasteiger partial charge in [-0.25, -0.2) is 4.79 Å². The molecule has 1 saturated heterocycles. The third-order valence-corrected chi connectivity index (χ3v) is 3.26. The largest absolute Gasteiger partial charge is 0.461 e. The van der Waals surface area contributed by atoms with Gasteiger partial charge in [0.15, 0.2) is 5.69 Å². The van der Waals surface area contributed by atoms with Gasteiger partial charge >= 0.3 is 5.97 Å². The Bertz CT molecular complexity index is 417. The van der Waals surface area contributed by atoms with Crippen LogP contribution in [0.3, 0.4) is 0 Å². The van der Waals surface area contributed by atoms with Crippen LogP contribution in [0.15, 0.2) is 10.7 Å². The lowest BCUT2D eigenvalue weighted by molar-refractivity contribution is 0.0519. The fraction of sp³-hybridized carbons (Fsp3) is 0.692. The van der Waals surface area contributed by atoms with Gasteiger partial charge in [0, 0.05) is 13.1 Å². The average Bonchev–Trinajstić information content (AvgIpc) is 2.89. The number of carbonyl (C=O) groups excluding carboxylic acids is 1. The van der Waals surface area contributed by atoms with Crippen LogP contribution < -0.4 is 10.2 Å². The van der Waals surface area contributed by atoms with Crippen LogP contribution in [-0.2, 0) is 4.74 Å². The summed E-state index contributed by atoms with van der Waals surface area (Å²) in [5.74, 6) is 0.165. The molecule has 19 heavy (non-hydrogen) atoms. The molecule has 0 saturated carbocycles. The maximum Gasteiger partial charge on any atom is 0.360 e. The van der Waals surface area contributed by atoms with Crippen molar-refractivity contribution in [1.29, 1.82) is 0 Å². The van der Waals surface area contributed by atoms with Crippen molar-refractivity contribution in [2.75, 3.05) is 38.2 Å². The molecule has 6 nitrogen and oxygen atoms in total. The molecule has 0 aliphatic carbocycles. The summed E-state index contributed by atoms with van der Waals surface area (Å²) >= 11 is 0. The SMILES string of the molecule is CCOC(=O)c1coc(N2CCCC(CNC)C2)n1. The van der Waals surface area contributed by atoms with E-state index in [2.05, 4.69) is 15.2 Å². The first kappa shape index (κ1) is 13.9. The van der Waals surface area contributed by atoms with Crippen molar-refractivity contribution in [3.8, 4) is 0 Å². The van der Waals surface area contributed by atoms with Gasteiger partial charge in [0.05, 0.1) is 6.61 Å². The zero-order valence-electron chi connectivity index (χ0n) is 11.5. The fourth-order valence-corrected chi connectivity index (χ4v) is 2.40. The van der Waals surface area contributed by atoms with E-state index >= 15 is 0 Å². The van der Waals surface area contributed by atoms with Crippen molar-refractivity contribution in [1.82, 2.24) is 10.3 Å². The Kier molecular flexibility index (Phi) is 4.79. The molecule has 0 amide bonds. The van der Waals surface area contributed by atoms with Gasteiger partial charge in [-0.1, -0.05) is 0 Å². The molecule has 0 bridgehead atoms. The number of ether oxygens (including phenoxy) is 1. The Morgan fingerprint density at radius 2 is 2.53 bits per heavy atom. The molecular weight excluding hydrogens is 246 g/mol. The standard InChI is InChI=1S/C13H21N3O3/c1-3-18-12(17)11-9-19-13(15-11)16-6-4-5-10(8-16)7-14-2/h9-10,14H,3-8H2,1-2H3. The Hall–Kier alpha value is -1.56. The number of hydrogen-bond acceptors (Lipinski definition) is 6. The summed E-state index contributed by atoms with van der Waals surface area (Å²) in [4.78, 5) is 17.8. The molecule has 1 N–H and O–H groups in total. The molecule has 1 fully saturated rings. The first-order valence-electron chi connectivity index (χ1n) is 6.76. The van der Waals surface area contributed by atoms with Crippen LogP contribution in [0.5, 0.6) is 0 Å². The van der Waals surface area contributed by atoms with Crippen molar-refractivity contribution >= 4 is 12.0 Å². The number of oxazole rings is 1. The molecule has 0 radical (unpaired) electrons. The number of rotatable bonds is 5. The lowest BCUT2D eigenvalue weighted by atomic mass is 9.98. The van der Waals surface area contributed by atoms with E-state index in [9.17, 15) is 4.79 Å². The Labute approximate surface area is 113 Å². The predicted molar refractivity (Wildman–Crippen MR) is 71.3 cm³/mol. The van der Waals surface area contributed by atoms with Crippen LogP contribution in [0.1, 0.15) is 30.3 Å². The summed E-state index contributed by atoms with van der Waals surface area (Å²) in [5, 5.41) is 3.20. The van der Waals surface area contributed by atoms with Gasteiger partial charge in [-0.3, -0.25) is 0 Å². The van der Waals surface area contributed by atoms with Crippen LogP contribution >= 0.6 is 0 Å². The molecule has 6 heteroatoms. The maximum atomic E-state index is 11.5. The zero-order chi connectivity index (χ0) is 13.7. The van der Waals surface area contributed by atoms with E-state index < -0.39 is 5.97 Å². The summed E-state index contributed by atoms with van der Waals surface area (Å²) in [6.45, 7) is 4.93. The Morgan fingerprint density at radius 1 is 1.68 bits per heavy atom. The van der Waals surface area contributed by atoms with Crippen LogP contribution in [0.25, 0.3) is 0 Å². The van der Waals surface area contributed by atoms with Crippen LogP contribution in [0.4, 0.5) is 6.01 Å². The maximum absolute atomic E-state index is 11.5. The van der Waals surface area contributed by atoms with Gasteiger partial charge in [-0.05, 0) is 39.3 Å². The first-order chi connectivity index (χ1) is 9.24. The average molecular weight is 267 g/mol. The molecule has 1 atom stereocenters. The minimum Gasteiger partial charge on any atom is -0.461 e. The molecule has 2 rings (SSSR count). The quantitative estimate of drug-likeness (QED) is 0.811. The van der Waals surface area contributed by atoms with Gasteiger partial charge < -0.3 is 19.4 Å².